The Kier molecular flexibility index (Phi) is 10.8. The van der Waals surface area contributed by atoms with Crippen molar-refractivity contribution in [2.75, 3.05) is 0 Å². The Bertz CT molecular complexity index is 4070. The zero-order chi connectivity index (χ0) is 50.5. The molecule has 3 aromatic heterocycles. The summed E-state index contributed by atoms with van der Waals surface area (Å²) in [7, 11) is 0. The summed E-state index contributed by atoms with van der Waals surface area (Å²) in [5.41, 5.74) is 17.3. The predicted molar refractivity (Wildman–Crippen MR) is 311 cm³/mol. The van der Waals surface area contributed by atoms with Crippen LogP contribution in [0.3, 0.4) is 0 Å². The lowest BCUT2D eigenvalue weighted by Gasteiger charge is -2.20. The molecule has 0 saturated carbocycles. The van der Waals surface area contributed by atoms with Crippen molar-refractivity contribution in [3.63, 3.8) is 0 Å². The third kappa shape index (κ3) is 7.70. The predicted octanol–water partition coefficient (Wildman–Crippen LogP) is 17.6. The average Bonchev–Trinajstić information content (AvgIpc) is 4.17. The molecule has 0 amide bonds. The monoisotopic (exact) mass is 968 g/mol. The van der Waals surface area contributed by atoms with Crippen molar-refractivity contribution >= 4 is 43.6 Å². The molecule has 14 rings (SSSR count). The number of nitriles is 1. The number of hydrogen-bond donors (Lipinski definition) is 0. The van der Waals surface area contributed by atoms with Gasteiger partial charge in [0, 0.05) is 32.7 Å². The summed E-state index contributed by atoms with van der Waals surface area (Å²) in [6.45, 7) is 0. The number of hydrogen-bond acceptors (Lipinski definition) is 4. The maximum absolute atomic E-state index is 11.3. The smallest absolute Gasteiger partial charge is 0.168 e. The first-order chi connectivity index (χ1) is 37.6. The SMILES string of the molecule is N#Cc1cc(-n2c3ccc(-c4ccccc4)cc3c3cc(-c4ccccc4)ccc32)c(-c2nc(-c3ccccc3)nc(-c3ccccc3)n2)c(-n2c3ccc(-c4ccccc4)cc3c3cc(-c4ccccc4)ccc32)c1. The van der Waals surface area contributed by atoms with Gasteiger partial charge >= 0.3 is 0 Å². The summed E-state index contributed by atoms with van der Waals surface area (Å²) in [5, 5.41) is 15.6. The Hall–Kier alpha value is -10.5. The Balaban J connectivity index is 1.14. The van der Waals surface area contributed by atoms with E-state index in [1.807, 2.05) is 72.8 Å². The normalized spacial score (nSPS) is 11.4. The lowest BCUT2D eigenvalue weighted by molar-refractivity contribution is 1.05. The van der Waals surface area contributed by atoms with Crippen LogP contribution in [0.4, 0.5) is 0 Å². The molecule has 0 radical (unpaired) electrons. The summed E-state index contributed by atoms with van der Waals surface area (Å²) in [6.07, 6.45) is 0. The van der Waals surface area contributed by atoms with Crippen LogP contribution in [0, 0.1) is 11.3 Å². The highest BCUT2D eigenvalue weighted by Gasteiger charge is 2.27. The van der Waals surface area contributed by atoms with Gasteiger partial charge in [-0.1, -0.05) is 206 Å². The van der Waals surface area contributed by atoms with Crippen LogP contribution in [-0.2, 0) is 0 Å². The van der Waals surface area contributed by atoms with Gasteiger partial charge < -0.3 is 9.13 Å². The molecule has 0 aliphatic heterocycles. The first-order valence-electron chi connectivity index (χ1n) is 25.5. The Labute approximate surface area is 439 Å². The number of rotatable bonds is 9. The zero-order valence-corrected chi connectivity index (χ0v) is 41.1. The molecule has 0 saturated heterocycles. The molecule has 0 aliphatic carbocycles. The van der Waals surface area contributed by atoms with Gasteiger partial charge in [0.05, 0.1) is 50.6 Å². The van der Waals surface area contributed by atoms with Crippen molar-refractivity contribution in [2.24, 2.45) is 0 Å². The molecular formula is C70H44N6. The van der Waals surface area contributed by atoms with Gasteiger partial charge in [-0.05, 0) is 105 Å². The van der Waals surface area contributed by atoms with E-state index in [1.54, 1.807) is 0 Å². The highest BCUT2D eigenvalue weighted by Crippen LogP contribution is 2.45. The number of nitrogens with zero attached hydrogens (tertiary/aromatic N) is 6. The summed E-state index contributed by atoms with van der Waals surface area (Å²) >= 11 is 0. The van der Waals surface area contributed by atoms with Crippen LogP contribution in [0.1, 0.15) is 5.56 Å². The number of aromatic nitrogens is 5. The van der Waals surface area contributed by atoms with Crippen molar-refractivity contribution in [2.45, 2.75) is 0 Å². The van der Waals surface area contributed by atoms with Crippen molar-refractivity contribution in [3.8, 4) is 96.1 Å². The van der Waals surface area contributed by atoms with Crippen molar-refractivity contribution < 1.29 is 0 Å². The van der Waals surface area contributed by atoms with E-state index in [0.29, 0.717) is 23.0 Å². The van der Waals surface area contributed by atoms with E-state index < -0.39 is 0 Å². The van der Waals surface area contributed by atoms with Gasteiger partial charge in [-0.2, -0.15) is 5.26 Å². The maximum Gasteiger partial charge on any atom is 0.168 e. The third-order valence-corrected chi connectivity index (χ3v) is 14.6. The van der Waals surface area contributed by atoms with E-state index in [-0.39, 0.29) is 0 Å². The first-order valence-corrected chi connectivity index (χ1v) is 25.5. The van der Waals surface area contributed by atoms with Crippen LogP contribution < -0.4 is 0 Å². The number of benzene rings is 11. The van der Waals surface area contributed by atoms with Crippen LogP contribution in [0.15, 0.2) is 267 Å². The van der Waals surface area contributed by atoms with Gasteiger partial charge in [-0.15, -0.1) is 0 Å². The highest BCUT2D eigenvalue weighted by molar-refractivity contribution is 6.14. The molecule has 0 unspecified atom stereocenters. The highest BCUT2D eigenvalue weighted by atomic mass is 15.1. The molecule has 0 atom stereocenters. The van der Waals surface area contributed by atoms with E-state index in [2.05, 4.69) is 209 Å². The third-order valence-electron chi connectivity index (χ3n) is 14.6. The number of fused-ring (bicyclic) bond motifs is 6. The molecule has 0 aliphatic rings. The van der Waals surface area contributed by atoms with Crippen molar-refractivity contribution in [3.05, 3.63) is 272 Å². The fraction of sp³-hybridized carbons (Fsp3) is 0. The summed E-state index contributed by atoms with van der Waals surface area (Å²) in [5.74, 6) is 1.54. The van der Waals surface area contributed by atoms with Gasteiger partial charge in [0.15, 0.2) is 17.5 Å². The van der Waals surface area contributed by atoms with Crippen molar-refractivity contribution in [1.29, 1.82) is 5.26 Å². The van der Waals surface area contributed by atoms with Gasteiger partial charge in [-0.25, -0.2) is 15.0 Å². The second-order valence-electron chi connectivity index (χ2n) is 19.1. The summed E-state index contributed by atoms with van der Waals surface area (Å²) in [6, 6.07) is 95.9. The van der Waals surface area contributed by atoms with E-state index >= 15 is 0 Å². The van der Waals surface area contributed by atoms with E-state index in [4.69, 9.17) is 15.0 Å². The van der Waals surface area contributed by atoms with Gasteiger partial charge in [0.25, 0.3) is 0 Å². The van der Waals surface area contributed by atoms with Gasteiger partial charge in [0.2, 0.25) is 0 Å². The molecule has 0 spiro atoms. The molecule has 354 valence electrons. The van der Waals surface area contributed by atoms with Crippen LogP contribution in [0.5, 0.6) is 0 Å². The molecule has 0 N–H and O–H groups in total. The second-order valence-corrected chi connectivity index (χ2v) is 19.1. The fourth-order valence-corrected chi connectivity index (χ4v) is 11.0. The van der Waals surface area contributed by atoms with Crippen LogP contribution in [0.2, 0.25) is 0 Å². The van der Waals surface area contributed by atoms with E-state index in [9.17, 15) is 5.26 Å². The minimum absolute atomic E-state index is 0.468. The zero-order valence-electron chi connectivity index (χ0n) is 41.1. The van der Waals surface area contributed by atoms with Crippen LogP contribution >= 0.6 is 0 Å². The van der Waals surface area contributed by atoms with E-state index in [0.717, 1.165) is 116 Å². The van der Waals surface area contributed by atoms with Crippen LogP contribution in [-0.4, -0.2) is 24.1 Å². The molecule has 0 bridgehead atoms. The Morgan fingerprint density at radius 1 is 0.263 bits per heavy atom. The molecule has 6 heteroatoms. The molecule has 0 fully saturated rings. The lowest BCUT2D eigenvalue weighted by atomic mass is 10.0. The van der Waals surface area contributed by atoms with Gasteiger partial charge in [0.1, 0.15) is 0 Å². The van der Waals surface area contributed by atoms with Crippen LogP contribution in [0.25, 0.3) is 134 Å². The second kappa shape index (κ2) is 18.5. The molecular weight excluding hydrogens is 925 g/mol. The Morgan fingerprint density at radius 3 is 0.803 bits per heavy atom. The fourth-order valence-electron chi connectivity index (χ4n) is 11.0. The first kappa shape index (κ1) is 44.2. The van der Waals surface area contributed by atoms with Gasteiger partial charge in [-0.3, -0.25) is 0 Å². The largest absolute Gasteiger partial charge is 0.308 e. The standard InChI is InChI=1S/C70H44N6/c71-45-46-39-65(75-61-35-31-53(47-19-7-1-8-20-47)41-57(61)58-42-54(32-36-62(58)75)48-21-9-2-10-22-48)67(70-73-68(51-27-15-5-16-28-51)72-69(74-70)52-29-17-6-18-30-52)66(40-46)76-63-37-33-55(49-23-11-3-12-24-49)43-59(63)60-44-56(34-38-64(60)76)50-25-13-4-14-26-50/h1-44H. The lowest BCUT2D eigenvalue weighted by Crippen LogP contribution is -2.08. The quantitative estimate of drug-likeness (QED) is 0.144. The molecule has 76 heavy (non-hydrogen) atoms. The minimum Gasteiger partial charge on any atom is -0.308 e. The van der Waals surface area contributed by atoms with E-state index in [1.165, 1.54) is 0 Å². The van der Waals surface area contributed by atoms with Crippen molar-refractivity contribution in [1.82, 2.24) is 24.1 Å². The molecule has 11 aromatic carbocycles. The molecule has 3 heterocycles. The maximum atomic E-state index is 11.3. The molecule has 6 nitrogen and oxygen atoms in total. The summed E-state index contributed by atoms with van der Waals surface area (Å²) < 4.78 is 4.63. The minimum atomic E-state index is 0.468. The average molecular weight is 969 g/mol. The Morgan fingerprint density at radius 2 is 0.526 bits per heavy atom. The summed E-state index contributed by atoms with van der Waals surface area (Å²) in [4.78, 5) is 16.2. The molecule has 14 aromatic rings. The topological polar surface area (TPSA) is 72.3 Å².